The molecule has 2 atom stereocenters. The Morgan fingerprint density at radius 3 is 3.15 bits per heavy atom. The number of hydrogen-bond acceptors (Lipinski definition) is 2. The Morgan fingerprint density at radius 1 is 1.54 bits per heavy atom. The smallest absolute Gasteiger partial charge is 0.0144 e. The third-order valence-electron chi connectivity index (χ3n) is 2.89. The van der Waals surface area contributed by atoms with Crippen LogP contribution >= 0.6 is 11.3 Å². The summed E-state index contributed by atoms with van der Waals surface area (Å²) in [7, 11) is 0. The van der Waals surface area contributed by atoms with Crippen molar-refractivity contribution in [3.8, 4) is 0 Å². The average Bonchev–Trinajstić information content (AvgIpc) is 2.71. The highest BCUT2D eigenvalue weighted by molar-refractivity contribution is 7.10. The Labute approximate surface area is 84.2 Å². The van der Waals surface area contributed by atoms with Crippen LogP contribution in [0.1, 0.15) is 37.0 Å². The molecular formula is C11H17NS. The van der Waals surface area contributed by atoms with E-state index in [0.29, 0.717) is 0 Å². The Hall–Kier alpha value is -0.340. The van der Waals surface area contributed by atoms with Gasteiger partial charge in [0.1, 0.15) is 0 Å². The Balaban J connectivity index is 2.05. The molecule has 0 spiro atoms. The number of nitrogens with one attached hydrogen (secondary N) is 1. The molecule has 0 bridgehead atoms. The van der Waals surface area contributed by atoms with E-state index in [-0.39, 0.29) is 0 Å². The van der Waals surface area contributed by atoms with Crippen molar-refractivity contribution in [2.24, 2.45) is 0 Å². The Bertz CT molecular complexity index is 243. The summed E-state index contributed by atoms with van der Waals surface area (Å²) < 4.78 is 0. The summed E-state index contributed by atoms with van der Waals surface area (Å²) in [6.07, 6.45) is 4.12. The van der Waals surface area contributed by atoms with Gasteiger partial charge in [-0.15, -0.1) is 11.3 Å². The van der Waals surface area contributed by atoms with Gasteiger partial charge in [0, 0.05) is 16.8 Å². The first-order valence-electron chi connectivity index (χ1n) is 5.18. The lowest BCUT2D eigenvalue weighted by Crippen LogP contribution is -2.30. The third-order valence-corrected chi connectivity index (χ3v) is 3.90. The number of rotatable bonds is 3. The maximum absolute atomic E-state index is 3.59. The molecule has 1 N–H and O–H groups in total. The molecule has 0 aromatic carbocycles. The van der Waals surface area contributed by atoms with Gasteiger partial charge in [0.2, 0.25) is 0 Å². The van der Waals surface area contributed by atoms with Gasteiger partial charge in [0.05, 0.1) is 0 Å². The highest BCUT2D eigenvalue weighted by atomic mass is 32.1. The van der Waals surface area contributed by atoms with E-state index in [1.807, 2.05) is 11.3 Å². The predicted octanol–water partition coefficient (Wildman–Crippen LogP) is 2.99. The minimum absolute atomic E-state index is 0.739. The molecule has 1 fully saturated rings. The molecule has 1 aromatic heterocycles. The lowest BCUT2D eigenvalue weighted by molar-refractivity contribution is 0.497. The van der Waals surface area contributed by atoms with Gasteiger partial charge < -0.3 is 5.32 Å². The molecule has 0 amide bonds. The van der Waals surface area contributed by atoms with Crippen molar-refractivity contribution >= 4 is 11.3 Å². The number of thiophene rings is 1. The molecule has 2 rings (SSSR count). The van der Waals surface area contributed by atoms with Gasteiger partial charge in [-0.3, -0.25) is 0 Å². The Morgan fingerprint density at radius 2 is 2.46 bits per heavy atom. The minimum Gasteiger partial charge on any atom is -0.314 e. The standard InChI is InChI=1S/C11H17NS/c1-2-12-10-6-3-5-9(10)11-7-4-8-13-11/h4,7-10,12H,2-3,5-6H2,1H3. The van der Waals surface area contributed by atoms with E-state index in [2.05, 4.69) is 29.8 Å². The number of hydrogen-bond donors (Lipinski definition) is 1. The van der Waals surface area contributed by atoms with Gasteiger partial charge in [-0.1, -0.05) is 19.4 Å². The van der Waals surface area contributed by atoms with Gasteiger partial charge in [-0.25, -0.2) is 0 Å². The van der Waals surface area contributed by atoms with E-state index in [1.165, 1.54) is 19.3 Å². The van der Waals surface area contributed by atoms with Crippen molar-refractivity contribution in [1.29, 1.82) is 0 Å². The third kappa shape index (κ3) is 1.94. The van der Waals surface area contributed by atoms with Crippen LogP contribution in [0.2, 0.25) is 0 Å². The van der Waals surface area contributed by atoms with Crippen LogP contribution in [0.15, 0.2) is 17.5 Å². The zero-order valence-corrected chi connectivity index (χ0v) is 8.94. The van der Waals surface area contributed by atoms with Gasteiger partial charge in [0.25, 0.3) is 0 Å². The second-order valence-corrected chi connectivity index (χ2v) is 4.70. The summed E-state index contributed by atoms with van der Waals surface area (Å²) >= 11 is 1.91. The topological polar surface area (TPSA) is 12.0 Å². The summed E-state index contributed by atoms with van der Waals surface area (Å²) in [6, 6.07) is 5.19. The van der Waals surface area contributed by atoms with Crippen molar-refractivity contribution in [3.63, 3.8) is 0 Å². The van der Waals surface area contributed by atoms with E-state index in [4.69, 9.17) is 0 Å². The average molecular weight is 195 g/mol. The maximum Gasteiger partial charge on any atom is 0.0144 e. The zero-order valence-electron chi connectivity index (χ0n) is 8.12. The normalized spacial score (nSPS) is 28.1. The highest BCUT2D eigenvalue weighted by Crippen LogP contribution is 2.36. The molecule has 1 nitrogen and oxygen atoms in total. The molecule has 13 heavy (non-hydrogen) atoms. The lowest BCUT2D eigenvalue weighted by atomic mass is 10.0. The summed E-state index contributed by atoms with van der Waals surface area (Å²) in [5.74, 6) is 0.792. The minimum atomic E-state index is 0.739. The second kappa shape index (κ2) is 4.25. The SMILES string of the molecule is CCNC1CCCC1c1cccs1. The first-order chi connectivity index (χ1) is 6.42. The van der Waals surface area contributed by atoms with Gasteiger partial charge in [-0.2, -0.15) is 0 Å². The fourth-order valence-electron chi connectivity index (χ4n) is 2.31. The molecule has 72 valence electrons. The van der Waals surface area contributed by atoms with Gasteiger partial charge in [-0.05, 0) is 30.8 Å². The fraction of sp³-hybridized carbons (Fsp3) is 0.636. The summed E-state index contributed by atoms with van der Waals surface area (Å²) in [6.45, 7) is 3.30. The molecule has 0 aliphatic heterocycles. The highest BCUT2D eigenvalue weighted by Gasteiger charge is 2.28. The summed E-state index contributed by atoms with van der Waals surface area (Å²) in [5, 5.41) is 5.78. The molecule has 1 heterocycles. The van der Waals surface area contributed by atoms with Crippen molar-refractivity contribution in [2.45, 2.75) is 38.1 Å². The van der Waals surface area contributed by atoms with Gasteiger partial charge >= 0.3 is 0 Å². The largest absolute Gasteiger partial charge is 0.314 e. The molecule has 0 saturated heterocycles. The fourth-order valence-corrected chi connectivity index (χ4v) is 3.24. The first-order valence-corrected chi connectivity index (χ1v) is 6.06. The summed E-state index contributed by atoms with van der Waals surface area (Å²) in [5.41, 5.74) is 0. The second-order valence-electron chi connectivity index (χ2n) is 3.72. The van der Waals surface area contributed by atoms with Crippen LogP contribution < -0.4 is 5.32 Å². The van der Waals surface area contributed by atoms with Crippen LogP contribution in [-0.4, -0.2) is 12.6 Å². The van der Waals surface area contributed by atoms with Crippen LogP contribution in [0, 0.1) is 0 Å². The molecule has 1 aliphatic carbocycles. The molecule has 2 unspecified atom stereocenters. The maximum atomic E-state index is 3.59. The van der Waals surface area contributed by atoms with E-state index in [0.717, 1.165) is 18.5 Å². The van der Waals surface area contributed by atoms with Crippen molar-refractivity contribution in [3.05, 3.63) is 22.4 Å². The zero-order chi connectivity index (χ0) is 9.10. The van der Waals surface area contributed by atoms with Crippen molar-refractivity contribution < 1.29 is 0 Å². The van der Waals surface area contributed by atoms with E-state index >= 15 is 0 Å². The van der Waals surface area contributed by atoms with Crippen LogP contribution in [-0.2, 0) is 0 Å². The van der Waals surface area contributed by atoms with Crippen LogP contribution in [0.3, 0.4) is 0 Å². The lowest BCUT2D eigenvalue weighted by Gasteiger charge is -2.18. The van der Waals surface area contributed by atoms with Crippen molar-refractivity contribution in [2.75, 3.05) is 6.54 Å². The molecule has 1 aromatic rings. The van der Waals surface area contributed by atoms with Gasteiger partial charge in [0.15, 0.2) is 0 Å². The monoisotopic (exact) mass is 195 g/mol. The summed E-state index contributed by atoms with van der Waals surface area (Å²) in [4.78, 5) is 1.57. The van der Waals surface area contributed by atoms with Crippen LogP contribution in [0.5, 0.6) is 0 Å². The van der Waals surface area contributed by atoms with E-state index in [9.17, 15) is 0 Å². The first kappa shape index (κ1) is 9.22. The van der Waals surface area contributed by atoms with Crippen LogP contribution in [0.25, 0.3) is 0 Å². The molecule has 0 radical (unpaired) electrons. The quantitative estimate of drug-likeness (QED) is 0.782. The van der Waals surface area contributed by atoms with E-state index < -0.39 is 0 Å². The van der Waals surface area contributed by atoms with Crippen molar-refractivity contribution in [1.82, 2.24) is 5.32 Å². The molecule has 2 heteroatoms. The predicted molar refractivity (Wildman–Crippen MR) is 58.4 cm³/mol. The van der Waals surface area contributed by atoms with E-state index in [1.54, 1.807) is 4.88 Å². The molecule has 1 aliphatic rings. The number of likely N-dealkylation sites (N-methyl/N-ethyl adjacent to an activating group) is 1. The molecule has 1 saturated carbocycles. The van der Waals surface area contributed by atoms with Crippen LogP contribution in [0.4, 0.5) is 0 Å². The molecular weight excluding hydrogens is 178 g/mol. The Kier molecular flexibility index (Phi) is 3.01.